The number of hydrogen-bond acceptors (Lipinski definition) is 14. The molecule has 0 spiro atoms. The predicted molar refractivity (Wildman–Crippen MR) is 500 cm³/mol. The van der Waals surface area contributed by atoms with E-state index >= 15 is 0 Å². The SMILES string of the molecule is CCCCCC(CCCCC)CCOC(=O)CCCCCCCCCC1(CCCCCCCCCC(=O)OCCC(CCCCC)CC(CCC)C(C(=O)OCCCCCCCCCCC(CCCCCCCCCCOC(=O)CC(CCCC)CCCC)COCCCN(C)C)C(CCCC)CCCC)OCC(CN2CCN(C)CC2)O1. The molecule has 0 aromatic rings. The highest BCUT2D eigenvalue weighted by molar-refractivity contribution is 5.73. The second-order valence-corrected chi connectivity index (χ2v) is 38.2. The molecule has 14 heteroatoms. The predicted octanol–water partition coefficient (Wildman–Crippen LogP) is 28.7. The van der Waals surface area contributed by atoms with Crippen LogP contribution in [0.1, 0.15) is 486 Å². The van der Waals surface area contributed by atoms with Gasteiger partial charge in [0.05, 0.1) is 45.1 Å². The highest BCUT2D eigenvalue weighted by Crippen LogP contribution is 2.40. The number of esters is 4. The minimum absolute atomic E-state index is 0.00533. The van der Waals surface area contributed by atoms with Crippen LogP contribution >= 0.6 is 0 Å². The van der Waals surface area contributed by atoms with Crippen LogP contribution in [0.3, 0.4) is 0 Å². The van der Waals surface area contributed by atoms with E-state index in [-0.39, 0.29) is 41.8 Å². The van der Waals surface area contributed by atoms with E-state index in [4.69, 9.17) is 33.2 Å². The average Bonchev–Trinajstić information content (AvgIpc) is 1.36. The lowest BCUT2D eigenvalue weighted by Crippen LogP contribution is -2.47. The second-order valence-electron chi connectivity index (χ2n) is 38.2. The van der Waals surface area contributed by atoms with Crippen LogP contribution in [0.4, 0.5) is 0 Å². The number of ether oxygens (including phenoxy) is 7. The highest BCUT2D eigenvalue weighted by atomic mass is 16.7. The molecule has 0 N–H and O–H groups in total. The van der Waals surface area contributed by atoms with E-state index < -0.39 is 5.79 Å². The van der Waals surface area contributed by atoms with Crippen molar-refractivity contribution in [2.45, 2.75) is 497 Å². The third-order valence-electron chi connectivity index (χ3n) is 26.7. The molecule has 0 aromatic carbocycles. The van der Waals surface area contributed by atoms with Gasteiger partial charge < -0.3 is 43.0 Å². The fraction of sp³-hybridized carbons (Fsp3) is 0.962. The van der Waals surface area contributed by atoms with Gasteiger partial charge in [-0.1, -0.05) is 344 Å². The third kappa shape index (κ3) is 63.5. The van der Waals surface area contributed by atoms with Gasteiger partial charge in [0.25, 0.3) is 0 Å². The van der Waals surface area contributed by atoms with Gasteiger partial charge in [-0.25, -0.2) is 0 Å². The van der Waals surface area contributed by atoms with Gasteiger partial charge >= 0.3 is 23.9 Å². The van der Waals surface area contributed by atoms with Gasteiger partial charge in [0.2, 0.25) is 0 Å². The summed E-state index contributed by atoms with van der Waals surface area (Å²) in [5, 5.41) is 0. The lowest BCUT2D eigenvalue weighted by molar-refractivity contribution is -0.181. The number of hydrogen-bond donors (Lipinski definition) is 0. The van der Waals surface area contributed by atoms with Crippen LogP contribution in [0.25, 0.3) is 0 Å². The van der Waals surface area contributed by atoms with Crippen LogP contribution in [0.15, 0.2) is 0 Å². The number of carbonyl (C=O) groups is 4. The van der Waals surface area contributed by atoms with Crippen molar-refractivity contribution in [1.29, 1.82) is 0 Å². The maximum Gasteiger partial charge on any atom is 0.309 e. The zero-order valence-corrected chi connectivity index (χ0v) is 80.5. The molecular formula is C104H201N3O11. The number of carbonyl (C=O) groups excluding carboxylic acids is 4. The minimum atomic E-state index is -0.466. The van der Waals surface area contributed by atoms with Gasteiger partial charge in [-0.05, 0) is 172 Å². The number of unbranched alkanes of at least 4 members (excludes halogenated alkanes) is 36. The topological polar surface area (TPSA) is 143 Å². The molecule has 2 aliphatic rings. The molecule has 2 saturated heterocycles. The van der Waals surface area contributed by atoms with Crippen LogP contribution in [0.2, 0.25) is 0 Å². The normalized spacial score (nSPS) is 16.6. The van der Waals surface area contributed by atoms with Crippen molar-refractivity contribution in [3.05, 3.63) is 0 Å². The summed E-state index contributed by atoms with van der Waals surface area (Å²) < 4.78 is 43.8. The molecule has 6 atom stereocenters. The molecule has 0 saturated carbocycles. The summed E-state index contributed by atoms with van der Waals surface area (Å²) in [6.07, 6.45) is 76.6. The summed E-state index contributed by atoms with van der Waals surface area (Å²) in [5.74, 6) is 2.40. The van der Waals surface area contributed by atoms with Crippen molar-refractivity contribution in [3.8, 4) is 0 Å². The van der Waals surface area contributed by atoms with E-state index in [2.05, 4.69) is 91.2 Å². The fourth-order valence-electron chi connectivity index (χ4n) is 19.0. The number of piperazine rings is 1. The Morgan fingerprint density at radius 2 is 0.763 bits per heavy atom. The summed E-state index contributed by atoms with van der Waals surface area (Å²) in [6, 6.07) is 0. The Hall–Kier alpha value is -2.36. The Morgan fingerprint density at radius 1 is 0.364 bits per heavy atom. The van der Waals surface area contributed by atoms with E-state index in [0.717, 1.165) is 232 Å². The van der Waals surface area contributed by atoms with Crippen molar-refractivity contribution in [3.63, 3.8) is 0 Å². The zero-order chi connectivity index (χ0) is 85.7. The molecule has 2 rings (SSSR count). The molecule has 0 bridgehead atoms. The first-order valence-corrected chi connectivity index (χ1v) is 52.3. The third-order valence-corrected chi connectivity index (χ3v) is 26.7. The van der Waals surface area contributed by atoms with Gasteiger partial charge in [-0.3, -0.25) is 24.1 Å². The van der Waals surface area contributed by atoms with Crippen molar-refractivity contribution >= 4 is 23.9 Å². The molecule has 2 aliphatic heterocycles. The summed E-state index contributed by atoms with van der Waals surface area (Å²) in [7, 11) is 6.51. The Morgan fingerprint density at radius 3 is 1.24 bits per heavy atom. The standard InChI is InChI=1S/C104H201N3O11/c1-12-20-49-64-92(65-50-21-13-2)73-85-114-99(108)71-54-43-35-31-37-45-56-75-104(117-91-98(118-104)89-107-80-78-106(11)79-81-107)76-57-46-38-32-36-44-55-72-100(109)115-86-74-94(66-51-22-14-3)87-97(61-19-8)102(96(69-25-17-6)70-26-18-7)103(111)116-84-59-48-40-30-28-34-42-53-68-95(90-112-82-60-77-105(9)10)67-52-41-33-27-29-39-47-58-83-113-101(110)88-93(62-23-15-4)63-24-16-5/h92-98,102H,12-91H2,1-11H3. The lowest BCUT2D eigenvalue weighted by atomic mass is 9.71. The molecule has 0 radical (unpaired) electrons. The summed E-state index contributed by atoms with van der Waals surface area (Å²) in [5.41, 5.74) is 0. The van der Waals surface area contributed by atoms with Crippen molar-refractivity contribution < 1.29 is 52.3 Å². The minimum Gasteiger partial charge on any atom is -0.466 e. The molecule has 118 heavy (non-hydrogen) atoms. The van der Waals surface area contributed by atoms with Crippen molar-refractivity contribution in [2.75, 3.05) is 107 Å². The quantitative estimate of drug-likeness (QED) is 0.0324. The van der Waals surface area contributed by atoms with Crippen molar-refractivity contribution in [1.82, 2.24) is 14.7 Å². The van der Waals surface area contributed by atoms with Gasteiger partial charge in [0.1, 0.15) is 0 Å². The molecule has 14 nitrogen and oxygen atoms in total. The molecule has 0 aromatic heterocycles. The Balaban J connectivity index is 1.80. The number of nitrogens with zero attached hydrogens (tertiary/aromatic N) is 3. The maximum absolute atomic E-state index is 14.7. The number of likely N-dealkylation sites (N-methyl/N-ethyl adjacent to an activating group) is 1. The molecular weight excluding hydrogens is 1470 g/mol. The van der Waals surface area contributed by atoms with E-state index in [1.165, 1.54) is 231 Å². The first-order valence-electron chi connectivity index (χ1n) is 52.3. The van der Waals surface area contributed by atoms with Crippen LogP contribution in [-0.4, -0.2) is 157 Å². The van der Waals surface area contributed by atoms with Crippen molar-refractivity contribution in [2.24, 2.45) is 41.4 Å². The van der Waals surface area contributed by atoms with Gasteiger partial charge in [0.15, 0.2) is 5.79 Å². The summed E-state index contributed by atoms with van der Waals surface area (Å²) in [6.45, 7) is 29.3. The monoisotopic (exact) mass is 1670 g/mol. The number of rotatable bonds is 89. The molecule has 698 valence electrons. The van der Waals surface area contributed by atoms with Gasteiger partial charge in [0, 0.05) is 78.0 Å². The highest BCUT2D eigenvalue weighted by Gasteiger charge is 2.42. The van der Waals surface area contributed by atoms with Gasteiger partial charge in [-0.15, -0.1) is 0 Å². The average molecular weight is 1670 g/mol. The Bertz CT molecular complexity index is 2190. The second kappa shape index (κ2) is 80.5. The van der Waals surface area contributed by atoms with E-state index in [1.54, 1.807) is 0 Å². The molecule has 0 amide bonds. The largest absolute Gasteiger partial charge is 0.466 e. The first-order chi connectivity index (χ1) is 57.7. The first kappa shape index (κ1) is 112. The van der Waals surface area contributed by atoms with Crippen LogP contribution in [-0.2, 0) is 52.3 Å². The summed E-state index contributed by atoms with van der Waals surface area (Å²) in [4.78, 5) is 60.5. The molecule has 2 fully saturated rings. The molecule has 6 unspecified atom stereocenters. The van der Waals surface area contributed by atoms with Gasteiger partial charge in [-0.2, -0.15) is 0 Å². The zero-order valence-electron chi connectivity index (χ0n) is 80.5. The summed E-state index contributed by atoms with van der Waals surface area (Å²) >= 11 is 0. The smallest absolute Gasteiger partial charge is 0.309 e. The Kier molecular flexibility index (Phi) is 76.2. The maximum atomic E-state index is 14.7. The molecule has 2 heterocycles. The van der Waals surface area contributed by atoms with E-state index in [0.29, 0.717) is 81.9 Å². The van der Waals surface area contributed by atoms with Crippen LogP contribution in [0.5, 0.6) is 0 Å². The molecule has 0 aliphatic carbocycles. The van der Waals surface area contributed by atoms with E-state index in [9.17, 15) is 19.2 Å². The van der Waals surface area contributed by atoms with Crippen LogP contribution < -0.4 is 0 Å². The lowest BCUT2D eigenvalue weighted by Gasteiger charge is -2.35. The Labute approximate surface area is 732 Å². The van der Waals surface area contributed by atoms with E-state index in [1.807, 2.05) is 0 Å². The fourth-order valence-corrected chi connectivity index (χ4v) is 19.0. The van der Waals surface area contributed by atoms with Crippen LogP contribution in [0, 0.1) is 41.4 Å².